The Hall–Kier alpha value is -2.21. The molecule has 0 aliphatic heterocycles. The second kappa shape index (κ2) is 4.47. The Labute approximate surface area is 113 Å². The number of hydrogen-bond donors (Lipinski definition) is 1. The van der Waals surface area contributed by atoms with E-state index in [2.05, 4.69) is 15.3 Å². The number of hydrogen-bond acceptors (Lipinski definition) is 4. The fourth-order valence-corrected chi connectivity index (χ4v) is 2.67. The van der Waals surface area contributed by atoms with Gasteiger partial charge in [0.05, 0.1) is 0 Å². The van der Waals surface area contributed by atoms with Crippen LogP contribution in [0, 0.1) is 13.8 Å². The molecule has 0 radical (unpaired) electrons. The van der Waals surface area contributed by atoms with E-state index in [0.717, 1.165) is 22.0 Å². The number of nitrogens with one attached hydrogen (secondary N) is 1. The van der Waals surface area contributed by atoms with Gasteiger partial charge in [0, 0.05) is 34.8 Å². The molecule has 1 N–H and O–H groups in total. The zero-order valence-electron chi connectivity index (χ0n) is 10.5. The Bertz CT molecular complexity index is 759. The van der Waals surface area contributed by atoms with E-state index in [9.17, 15) is 4.79 Å². The van der Waals surface area contributed by atoms with Gasteiger partial charge in [0.2, 0.25) is 0 Å². The predicted molar refractivity (Wildman–Crippen MR) is 74.7 cm³/mol. The lowest BCUT2D eigenvalue weighted by atomic mass is 10.3. The van der Waals surface area contributed by atoms with Crippen molar-refractivity contribution >= 4 is 27.9 Å². The van der Waals surface area contributed by atoms with Crippen molar-refractivity contribution in [2.45, 2.75) is 13.8 Å². The third kappa shape index (κ3) is 2.22. The Kier molecular flexibility index (Phi) is 2.79. The summed E-state index contributed by atoms with van der Waals surface area (Å²) in [6.07, 6.45) is 3.42. The second-order valence-corrected chi connectivity index (χ2v) is 5.13. The fraction of sp³-hybridized carbons (Fsp3) is 0.154. The van der Waals surface area contributed by atoms with Gasteiger partial charge in [-0.2, -0.15) is 0 Å². The van der Waals surface area contributed by atoms with Gasteiger partial charge in [-0.1, -0.05) is 0 Å². The van der Waals surface area contributed by atoms with Gasteiger partial charge in [-0.15, -0.1) is 11.3 Å². The molecule has 3 aromatic rings. The molecule has 5 nitrogen and oxygen atoms in total. The topological polar surface area (TPSA) is 59.3 Å². The predicted octanol–water partition coefficient (Wildman–Crippen LogP) is 2.66. The molecule has 0 bridgehead atoms. The van der Waals surface area contributed by atoms with Crippen LogP contribution >= 0.6 is 11.3 Å². The molecule has 0 atom stereocenters. The Morgan fingerprint density at radius 1 is 1.42 bits per heavy atom. The maximum Gasteiger partial charge on any atom is 0.275 e. The van der Waals surface area contributed by atoms with E-state index in [-0.39, 0.29) is 5.91 Å². The SMILES string of the molecule is Cc1cc(NC(=O)c2cn3c(C)csc3n2)ccn1. The van der Waals surface area contributed by atoms with Gasteiger partial charge >= 0.3 is 0 Å². The standard InChI is InChI=1S/C13H12N4OS/c1-8-5-10(3-4-14-8)15-12(18)11-6-17-9(2)7-19-13(17)16-11/h3-7H,1-2H3,(H,14,15,18). The molecule has 0 aliphatic carbocycles. The van der Waals surface area contributed by atoms with Gasteiger partial charge in [0.15, 0.2) is 4.96 Å². The molecule has 0 aliphatic rings. The highest BCUT2D eigenvalue weighted by Crippen LogP contribution is 2.17. The minimum Gasteiger partial charge on any atom is -0.320 e. The van der Waals surface area contributed by atoms with Crippen molar-refractivity contribution in [3.8, 4) is 0 Å². The summed E-state index contributed by atoms with van der Waals surface area (Å²) < 4.78 is 1.91. The van der Waals surface area contributed by atoms with Crippen LogP contribution in [0.15, 0.2) is 29.9 Å². The van der Waals surface area contributed by atoms with E-state index in [4.69, 9.17) is 0 Å². The molecule has 3 rings (SSSR count). The smallest absolute Gasteiger partial charge is 0.275 e. The highest BCUT2D eigenvalue weighted by atomic mass is 32.1. The van der Waals surface area contributed by atoms with Crippen LogP contribution in [-0.4, -0.2) is 20.3 Å². The lowest BCUT2D eigenvalue weighted by Gasteiger charge is -2.03. The number of pyridine rings is 1. The summed E-state index contributed by atoms with van der Waals surface area (Å²) in [4.78, 5) is 21.3. The van der Waals surface area contributed by atoms with Crippen LogP contribution in [0.5, 0.6) is 0 Å². The number of amides is 1. The van der Waals surface area contributed by atoms with E-state index >= 15 is 0 Å². The van der Waals surface area contributed by atoms with Crippen LogP contribution in [0.4, 0.5) is 5.69 Å². The molecule has 19 heavy (non-hydrogen) atoms. The molecule has 0 fully saturated rings. The summed E-state index contributed by atoms with van der Waals surface area (Å²) in [6.45, 7) is 3.87. The molecular formula is C13H12N4OS. The number of carbonyl (C=O) groups is 1. The molecule has 0 saturated heterocycles. The Balaban J connectivity index is 1.87. The maximum atomic E-state index is 12.1. The first-order valence-electron chi connectivity index (χ1n) is 5.81. The summed E-state index contributed by atoms with van der Waals surface area (Å²) >= 11 is 1.52. The summed E-state index contributed by atoms with van der Waals surface area (Å²) in [5, 5.41) is 4.83. The summed E-state index contributed by atoms with van der Waals surface area (Å²) in [6, 6.07) is 3.58. The van der Waals surface area contributed by atoms with Crippen LogP contribution in [0.2, 0.25) is 0 Å². The zero-order chi connectivity index (χ0) is 13.4. The number of thiazole rings is 1. The molecule has 1 amide bonds. The number of rotatable bonds is 2. The molecule has 3 heterocycles. The lowest BCUT2D eigenvalue weighted by Crippen LogP contribution is -2.12. The van der Waals surface area contributed by atoms with Crippen LogP contribution in [-0.2, 0) is 0 Å². The fourth-order valence-electron chi connectivity index (χ4n) is 1.82. The van der Waals surface area contributed by atoms with Gasteiger partial charge in [-0.3, -0.25) is 14.2 Å². The van der Waals surface area contributed by atoms with Gasteiger partial charge in [-0.05, 0) is 26.0 Å². The van der Waals surface area contributed by atoms with E-state index in [0.29, 0.717) is 5.69 Å². The quantitative estimate of drug-likeness (QED) is 0.780. The van der Waals surface area contributed by atoms with Crippen LogP contribution in [0.1, 0.15) is 21.9 Å². The minimum absolute atomic E-state index is 0.207. The average molecular weight is 272 g/mol. The third-order valence-electron chi connectivity index (χ3n) is 2.78. The molecule has 0 spiro atoms. The first-order valence-corrected chi connectivity index (χ1v) is 6.68. The zero-order valence-corrected chi connectivity index (χ0v) is 11.4. The summed E-state index contributed by atoms with van der Waals surface area (Å²) in [5.74, 6) is -0.207. The monoisotopic (exact) mass is 272 g/mol. The molecular weight excluding hydrogens is 260 g/mol. The lowest BCUT2D eigenvalue weighted by molar-refractivity contribution is 0.102. The van der Waals surface area contributed by atoms with Crippen molar-refractivity contribution in [3.05, 3.63) is 47.0 Å². The third-order valence-corrected chi connectivity index (χ3v) is 3.73. The van der Waals surface area contributed by atoms with E-state index in [1.807, 2.05) is 29.7 Å². The molecule has 0 aromatic carbocycles. The number of imidazole rings is 1. The highest BCUT2D eigenvalue weighted by molar-refractivity contribution is 7.15. The average Bonchev–Trinajstić information content (AvgIpc) is 2.92. The van der Waals surface area contributed by atoms with E-state index in [1.165, 1.54) is 11.3 Å². The number of fused-ring (bicyclic) bond motifs is 1. The number of aromatic nitrogens is 3. The molecule has 0 saturated carbocycles. The van der Waals surface area contributed by atoms with Crippen molar-refractivity contribution < 1.29 is 4.79 Å². The van der Waals surface area contributed by atoms with Crippen LogP contribution < -0.4 is 5.32 Å². The molecule has 6 heteroatoms. The Morgan fingerprint density at radius 2 is 2.26 bits per heavy atom. The largest absolute Gasteiger partial charge is 0.320 e. The maximum absolute atomic E-state index is 12.1. The highest BCUT2D eigenvalue weighted by Gasteiger charge is 2.12. The molecule has 96 valence electrons. The number of anilines is 1. The van der Waals surface area contributed by atoms with Crippen LogP contribution in [0.3, 0.4) is 0 Å². The number of nitrogens with zero attached hydrogens (tertiary/aromatic N) is 3. The van der Waals surface area contributed by atoms with Gasteiger partial charge < -0.3 is 5.32 Å². The van der Waals surface area contributed by atoms with E-state index < -0.39 is 0 Å². The van der Waals surface area contributed by atoms with Crippen molar-refractivity contribution in [2.75, 3.05) is 5.32 Å². The normalized spacial score (nSPS) is 10.8. The summed E-state index contributed by atoms with van der Waals surface area (Å²) in [5.41, 5.74) is 3.08. The van der Waals surface area contributed by atoms with E-state index in [1.54, 1.807) is 18.5 Å². The minimum atomic E-state index is -0.207. The van der Waals surface area contributed by atoms with Crippen molar-refractivity contribution in [2.24, 2.45) is 0 Å². The summed E-state index contributed by atoms with van der Waals surface area (Å²) in [7, 11) is 0. The molecule has 3 aromatic heterocycles. The first-order chi connectivity index (χ1) is 9.13. The Morgan fingerprint density at radius 3 is 3.00 bits per heavy atom. The number of aryl methyl sites for hydroxylation is 2. The van der Waals surface area contributed by atoms with Gasteiger partial charge in [-0.25, -0.2) is 4.98 Å². The van der Waals surface area contributed by atoms with Crippen molar-refractivity contribution in [3.63, 3.8) is 0 Å². The first kappa shape index (κ1) is 11.9. The van der Waals surface area contributed by atoms with Gasteiger partial charge in [0.1, 0.15) is 5.69 Å². The van der Waals surface area contributed by atoms with Crippen LogP contribution in [0.25, 0.3) is 4.96 Å². The van der Waals surface area contributed by atoms with Crippen molar-refractivity contribution in [1.82, 2.24) is 14.4 Å². The van der Waals surface area contributed by atoms with Gasteiger partial charge in [0.25, 0.3) is 5.91 Å². The number of carbonyl (C=O) groups excluding carboxylic acids is 1. The van der Waals surface area contributed by atoms with Crippen molar-refractivity contribution in [1.29, 1.82) is 0 Å². The second-order valence-electron chi connectivity index (χ2n) is 4.30. The molecule has 0 unspecified atom stereocenters.